The zero-order chi connectivity index (χ0) is 19.2. The van der Waals surface area contributed by atoms with Crippen LogP contribution in [0, 0.1) is 11.3 Å². The van der Waals surface area contributed by atoms with Gasteiger partial charge < -0.3 is 10.1 Å². The van der Waals surface area contributed by atoms with E-state index in [2.05, 4.69) is 20.8 Å². The highest BCUT2D eigenvalue weighted by atomic mass is 32.2. The highest BCUT2D eigenvalue weighted by molar-refractivity contribution is 8.00. The van der Waals surface area contributed by atoms with E-state index in [-0.39, 0.29) is 5.91 Å². The van der Waals surface area contributed by atoms with Crippen molar-refractivity contribution in [1.29, 1.82) is 5.26 Å². The molecule has 136 valence electrons. The number of ether oxygens (including phenoxy) is 1. The largest absolute Gasteiger partial charge is 0.497 e. The Kier molecular flexibility index (Phi) is 5.68. The van der Waals surface area contributed by atoms with Crippen LogP contribution in [0.2, 0.25) is 0 Å². The number of hydrogen-bond acceptors (Lipinski definition) is 7. The van der Waals surface area contributed by atoms with Gasteiger partial charge in [-0.05, 0) is 59.8 Å². The molecule has 1 atom stereocenters. The van der Waals surface area contributed by atoms with Gasteiger partial charge in [0.1, 0.15) is 5.75 Å². The first kappa shape index (κ1) is 18.4. The highest BCUT2D eigenvalue weighted by Gasteiger charge is 2.19. The first-order valence-corrected chi connectivity index (χ1v) is 8.89. The van der Waals surface area contributed by atoms with Crippen LogP contribution in [-0.2, 0) is 4.79 Å². The zero-order valence-electron chi connectivity index (χ0n) is 14.7. The van der Waals surface area contributed by atoms with Crippen molar-refractivity contribution in [3.8, 4) is 17.5 Å². The number of carbonyl (C=O) groups excluding carboxylic acids is 1. The summed E-state index contributed by atoms with van der Waals surface area (Å²) in [5, 5.41) is 23.5. The van der Waals surface area contributed by atoms with E-state index in [1.54, 1.807) is 43.0 Å². The zero-order valence-corrected chi connectivity index (χ0v) is 15.5. The van der Waals surface area contributed by atoms with E-state index in [1.165, 1.54) is 11.8 Å². The van der Waals surface area contributed by atoms with Crippen molar-refractivity contribution in [3.63, 3.8) is 0 Å². The molecule has 1 aromatic heterocycles. The maximum absolute atomic E-state index is 12.5. The molecule has 9 heteroatoms. The van der Waals surface area contributed by atoms with E-state index in [1.807, 2.05) is 30.3 Å². The Hall–Kier alpha value is -3.38. The fourth-order valence-electron chi connectivity index (χ4n) is 2.26. The first-order chi connectivity index (χ1) is 13.1. The number of hydrogen-bond donors (Lipinski definition) is 1. The number of aromatic nitrogens is 4. The van der Waals surface area contributed by atoms with Crippen LogP contribution in [0.1, 0.15) is 12.5 Å². The number of nitrogens with zero attached hydrogens (tertiary/aromatic N) is 5. The number of nitrogens with one attached hydrogen (secondary N) is 1. The molecule has 0 saturated heterocycles. The third kappa shape index (κ3) is 4.43. The van der Waals surface area contributed by atoms with Crippen LogP contribution in [0.3, 0.4) is 0 Å². The summed E-state index contributed by atoms with van der Waals surface area (Å²) in [4.78, 5) is 12.5. The molecule has 8 nitrogen and oxygen atoms in total. The molecule has 2 aromatic carbocycles. The van der Waals surface area contributed by atoms with Crippen molar-refractivity contribution in [1.82, 2.24) is 20.2 Å². The molecule has 0 fully saturated rings. The predicted octanol–water partition coefficient (Wildman–Crippen LogP) is 2.66. The summed E-state index contributed by atoms with van der Waals surface area (Å²) < 4.78 is 6.71. The Balaban J connectivity index is 1.70. The van der Waals surface area contributed by atoms with Crippen LogP contribution in [0.4, 0.5) is 5.69 Å². The van der Waals surface area contributed by atoms with Crippen molar-refractivity contribution in [3.05, 3.63) is 54.1 Å². The van der Waals surface area contributed by atoms with Gasteiger partial charge >= 0.3 is 0 Å². The molecule has 1 amide bonds. The third-order valence-electron chi connectivity index (χ3n) is 3.67. The Labute approximate surface area is 160 Å². The van der Waals surface area contributed by atoms with E-state index >= 15 is 0 Å². The van der Waals surface area contributed by atoms with Gasteiger partial charge in [0.05, 0.1) is 29.7 Å². The van der Waals surface area contributed by atoms with Crippen molar-refractivity contribution < 1.29 is 9.53 Å². The summed E-state index contributed by atoms with van der Waals surface area (Å²) in [5.41, 5.74) is 1.82. The SMILES string of the molecule is COc1ccc(-n2nnnc2S[C@H](C)C(=O)Nc2cccc(C#N)c2)cc1. The van der Waals surface area contributed by atoms with Gasteiger partial charge in [0.15, 0.2) is 0 Å². The second-order valence-electron chi connectivity index (χ2n) is 5.51. The van der Waals surface area contributed by atoms with Gasteiger partial charge in [0, 0.05) is 5.69 Å². The molecule has 0 unspecified atom stereocenters. The molecule has 0 radical (unpaired) electrons. The van der Waals surface area contributed by atoms with Crippen LogP contribution >= 0.6 is 11.8 Å². The molecule has 0 spiro atoms. The Morgan fingerprint density at radius 2 is 2.07 bits per heavy atom. The first-order valence-electron chi connectivity index (χ1n) is 8.01. The lowest BCUT2D eigenvalue weighted by molar-refractivity contribution is -0.115. The van der Waals surface area contributed by atoms with Crippen LogP contribution < -0.4 is 10.1 Å². The minimum Gasteiger partial charge on any atom is -0.497 e. The lowest BCUT2D eigenvalue weighted by Gasteiger charge is -2.12. The van der Waals surface area contributed by atoms with Gasteiger partial charge in [-0.1, -0.05) is 17.8 Å². The second kappa shape index (κ2) is 8.33. The molecule has 0 aliphatic heterocycles. The van der Waals surface area contributed by atoms with Gasteiger partial charge in [-0.3, -0.25) is 4.79 Å². The maximum Gasteiger partial charge on any atom is 0.237 e. The summed E-state index contributed by atoms with van der Waals surface area (Å²) in [6, 6.07) is 16.1. The van der Waals surface area contributed by atoms with Gasteiger partial charge in [0.2, 0.25) is 11.1 Å². The molecule has 1 heterocycles. The molecule has 3 aromatic rings. The van der Waals surface area contributed by atoms with Crippen LogP contribution in [0.25, 0.3) is 5.69 Å². The minimum absolute atomic E-state index is 0.209. The van der Waals surface area contributed by atoms with Crippen LogP contribution in [0.15, 0.2) is 53.7 Å². The van der Waals surface area contributed by atoms with Gasteiger partial charge in [-0.2, -0.15) is 9.94 Å². The average molecular weight is 380 g/mol. The molecule has 0 aliphatic carbocycles. The lowest BCUT2D eigenvalue weighted by Crippen LogP contribution is -2.23. The summed E-state index contributed by atoms with van der Waals surface area (Å²) >= 11 is 1.24. The van der Waals surface area contributed by atoms with Gasteiger partial charge in [-0.15, -0.1) is 5.10 Å². The summed E-state index contributed by atoms with van der Waals surface area (Å²) in [6.45, 7) is 1.77. The normalized spacial score (nSPS) is 11.4. The highest BCUT2D eigenvalue weighted by Crippen LogP contribution is 2.25. The van der Waals surface area contributed by atoms with E-state index in [4.69, 9.17) is 10.00 Å². The van der Waals surface area contributed by atoms with Crippen molar-refractivity contribution in [2.45, 2.75) is 17.3 Å². The number of rotatable bonds is 6. The quantitative estimate of drug-likeness (QED) is 0.655. The van der Waals surface area contributed by atoms with Crippen LogP contribution in [0.5, 0.6) is 5.75 Å². The molecular formula is C18H16N6O2S. The van der Waals surface area contributed by atoms with Crippen molar-refractivity contribution >= 4 is 23.4 Å². The Morgan fingerprint density at radius 3 is 2.78 bits per heavy atom. The Bertz CT molecular complexity index is 980. The molecule has 1 N–H and O–H groups in total. The fourth-order valence-corrected chi connectivity index (χ4v) is 3.07. The standard InChI is InChI=1S/C18H16N6O2S/c1-12(17(25)20-14-5-3-4-13(10-14)11-19)27-18-21-22-23-24(18)15-6-8-16(26-2)9-7-15/h3-10,12H,1-2H3,(H,20,25)/t12-/m1/s1. The van der Waals surface area contributed by atoms with Gasteiger partial charge in [-0.25, -0.2) is 0 Å². The van der Waals surface area contributed by atoms with E-state index < -0.39 is 5.25 Å². The van der Waals surface area contributed by atoms with Crippen LogP contribution in [-0.4, -0.2) is 38.5 Å². The lowest BCUT2D eigenvalue weighted by atomic mass is 10.2. The monoisotopic (exact) mass is 380 g/mol. The van der Waals surface area contributed by atoms with Gasteiger partial charge in [0.25, 0.3) is 0 Å². The number of anilines is 1. The number of benzene rings is 2. The van der Waals surface area contributed by atoms with Crippen molar-refractivity contribution in [2.75, 3.05) is 12.4 Å². The molecule has 27 heavy (non-hydrogen) atoms. The molecule has 0 saturated carbocycles. The predicted molar refractivity (Wildman–Crippen MR) is 101 cm³/mol. The van der Waals surface area contributed by atoms with Crippen molar-refractivity contribution in [2.24, 2.45) is 0 Å². The maximum atomic E-state index is 12.5. The summed E-state index contributed by atoms with van der Waals surface area (Å²) in [6.07, 6.45) is 0. The number of nitriles is 1. The smallest absolute Gasteiger partial charge is 0.237 e. The topological polar surface area (TPSA) is 106 Å². The molecule has 0 bridgehead atoms. The number of thioether (sulfide) groups is 1. The molecular weight excluding hydrogens is 364 g/mol. The number of methoxy groups -OCH3 is 1. The summed E-state index contributed by atoms with van der Waals surface area (Å²) in [7, 11) is 1.60. The third-order valence-corrected chi connectivity index (χ3v) is 4.70. The minimum atomic E-state index is -0.446. The summed E-state index contributed by atoms with van der Waals surface area (Å²) in [5.74, 6) is 0.521. The second-order valence-corrected chi connectivity index (χ2v) is 6.82. The number of tetrazole rings is 1. The fraction of sp³-hybridized carbons (Fsp3) is 0.167. The van der Waals surface area contributed by atoms with E-state index in [0.717, 1.165) is 11.4 Å². The Morgan fingerprint density at radius 1 is 1.30 bits per heavy atom. The number of amides is 1. The average Bonchev–Trinajstić information content (AvgIpc) is 3.16. The van der Waals surface area contributed by atoms with E-state index in [0.29, 0.717) is 16.4 Å². The molecule has 0 aliphatic rings. The molecule has 3 rings (SSSR count). The van der Waals surface area contributed by atoms with E-state index in [9.17, 15) is 4.79 Å². The number of carbonyl (C=O) groups is 1.